The average Bonchev–Trinajstić information content (AvgIpc) is 2.25. The zero-order chi connectivity index (χ0) is 13.9. The minimum absolute atomic E-state index is 0.0674. The van der Waals surface area contributed by atoms with Crippen LogP contribution in [0.4, 0.5) is 10.1 Å². The average molecular weight is 338 g/mol. The Morgan fingerprint density at radius 1 is 1.44 bits per heavy atom. The molecule has 0 saturated carbocycles. The molecule has 102 valence electrons. The van der Waals surface area contributed by atoms with Crippen LogP contribution < -0.4 is 5.32 Å². The topological polar surface area (TPSA) is 46.2 Å². The molecule has 0 bridgehead atoms. The number of benzene rings is 1. The zero-order valence-corrected chi connectivity index (χ0v) is 13.0. The van der Waals surface area contributed by atoms with Crippen LogP contribution in [0.25, 0.3) is 0 Å². The minimum atomic E-state index is -3.02. The number of rotatable bonds is 5. The molecule has 0 amide bonds. The fraction of sp³-hybridized carbons (Fsp3) is 0.500. The highest BCUT2D eigenvalue weighted by Gasteiger charge is 2.15. The number of halogens is 2. The van der Waals surface area contributed by atoms with Gasteiger partial charge in [-0.05, 0) is 47.5 Å². The second-order valence-electron chi connectivity index (χ2n) is 4.33. The summed E-state index contributed by atoms with van der Waals surface area (Å²) in [6, 6.07) is 2.82. The minimum Gasteiger partial charge on any atom is -0.381 e. The summed E-state index contributed by atoms with van der Waals surface area (Å²) in [6.45, 7) is 5.20. The fourth-order valence-electron chi connectivity index (χ4n) is 1.61. The molecule has 1 aromatic rings. The third-order valence-corrected chi connectivity index (χ3v) is 5.11. The predicted molar refractivity (Wildman–Crippen MR) is 76.2 cm³/mol. The molecule has 3 nitrogen and oxygen atoms in total. The molecule has 1 atom stereocenters. The van der Waals surface area contributed by atoms with E-state index in [1.807, 2.05) is 0 Å². The Morgan fingerprint density at radius 2 is 2.06 bits per heavy atom. The largest absolute Gasteiger partial charge is 0.381 e. The van der Waals surface area contributed by atoms with Crippen molar-refractivity contribution in [2.24, 2.45) is 0 Å². The van der Waals surface area contributed by atoms with Gasteiger partial charge in [0, 0.05) is 17.5 Å². The predicted octanol–water partition coefficient (Wildman–Crippen LogP) is 3.13. The van der Waals surface area contributed by atoms with Gasteiger partial charge in [-0.1, -0.05) is 6.92 Å². The normalized spacial score (nSPS) is 13.4. The lowest BCUT2D eigenvalue weighted by atomic mass is 10.2. The lowest BCUT2D eigenvalue weighted by Gasteiger charge is -2.17. The summed E-state index contributed by atoms with van der Waals surface area (Å²) in [4.78, 5) is 0. The maximum Gasteiger partial charge on any atom is 0.152 e. The molecule has 0 spiro atoms. The standard InChI is InChI=1S/C12H17BrFNO2S/c1-4-18(16,17)7-9(3)15-12-6-10(13)11(14)5-8(12)2/h5-6,9,15H,4,7H2,1-3H3. The van der Waals surface area contributed by atoms with Crippen LogP contribution in [0.2, 0.25) is 0 Å². The smallest absolute Gasteiger partial charge is 0.152 e. The van der Waals surface area contributed by atoms with Gasteiger partial charge < -0.3 is 5.32 Å². The van der Waals surface area contributed by atoms with Crippen LogP contribution >= 0.6 is 15.9 Å². The molecular weight excluding hydrogens is 321 g/mol. The van der Waals surface area contributed by atoms with E-state index in [4.69, 9.17) is 0 Å². The van der Waals surface area contributed by atoms with Gasteiger partial charge in [-0.25, -0.2) is 12.8 Å². The van der Waals surface area contributed by atoms with E-state index in [1.54, 1.807) is 26.8 Å². The number of hydrogen-bond donors (Lipinski definition) is 1. The van der Waals surface area contributed by atoms with Gasteiger partial charge in [-0.15, -0.1) is 0 Å². The second-order valence-corrected chi connectivity index (χ2v) is 7.58. The molecule has 1 unspecified atom stereocenters. The Bertz CT molecular complexity index is 531. The molecule has 0 aliphatic carbocycles. The van der Waals surface area contributed by atoms with Crippen molar-refractivity contribution in [2.75, 3.05) is 16.8 Å². The van der Waals surface area contributed by atoms with Crippen molar-refractivity contribution in [2.45, 2.75) is 26.8 Å². The summed E-state index contributed by atoms with van der Waals surface area (Å²) in [5, 5.41) is 3.09. The van der Waals surface area contributed by atoms with E-state index in [1.165, 1.54) is 6.07 Å². The summed E-state index contributed by atoms with van der Waals surface area (Å²) in [5.41, 5.74) is 1.48. The van der Waals surface area contributed by atoms with Crippen LogP contribution in [0.3, 0.4) is 0 Å². The number of anilines is 1. The maximum absolute atomic E-state index is 13.3. The molecule has 0 aliphatic rings. The molecule has 0 saturated heterocycles. The van der Waals surface area contributed by atoms with E-state index in [9.17, 15) is 12.8 Å². The van der Waals surface area contributed by atoms with E-state index in [0.29, 0.717) is 4.47 Å². The monoisotopic (exact) mass is 337 g/mol. The van der Waals surface area contributed by atoms with Crippen molar-refractivity contribution in [3.05, 3.63) is 28.0 Å². The first-order chi connectivity index (χ1) is 8.25. The van der Waals surface area contributed by atoms with Crippen LogP contribution in [0.15, 0.2) is 16.6 Å². The molecule has 18 heavy (non-hydrogen) atoms. The van der Waals surface area contributed by atoms with Gasteiger partial charge >= 0.3 is 0 Å². The van der Waals surface area contributed by atoms with Gasteiger partial charge in [-0.2, -0.15) is 0 Å². The Labute approximate surface area is 116 Å². The van der Waals surface area contributed by atoms with E-state index in [2.05, 4.69) is 21.2 Å². The Balaban J connectivity index is 2.82. The summed E-state index contributed by atoms with van der Waals surface area (Å²) in [5.74, 6) is -0.129. The Kier molecular flexibility index (Phi) is 5.16. The fourth-order valence-corrected chi connectivity index (χ4v) is 3.03. The number of nitrogens with one attached hydrogen (secondary N) is 1. The Hall–Kier alpha value is -0.620. The molecule has 0 aliphatic heterocycles. The highest BCUT2D eigenvalue weighted by Crippen LogP contribution is 2.24. The summed E-state index contributed by atoms with van der Waals surface area (Å²) in [7, 11) is -3.02. The molecular formula is C12H17BrFNO2S. The summed E-state index contributed by atoms with van der Waals surface area (Å²) < 4.78 is 36.6. The van der Waals surface area contributed by atoms with Crippen molar-refractivity contribution in [3.8, 4) is 0 Å². The first-order valence-corrected chi connectivity index (χ1v) is 8.29. The molecule has 0 heterocycles. The van der Waals surface area contributed by atoms with E-state index in [0.717, 1.165) is 11.3 Å². The molecule has 0 fully saturated rings. The van der Waals surface area contributed by atoms with E-state index >= 15 is 0 Å². The van der Waals surface area contributed by atoms with Crippen molar-refractivity contribution in [1.82, 2.24) is 0 Å². The number of sulfone groups is 1. The lowest BCUT2D eigenvalue weighted by Crippen LogP contribution is -2.27. The Morgan fingerprint density at radius 3 is 2.61 bits per heavy atom. The third kappa shape index (κ3) is 4.24. The highest BCUT2D eigenvalue weighted by atomic mass is 79.9. The third-order valence-electron chi connectivity index (χ3n) is 2.61. The second kappa shape index (κ2) is 6.02. The van der Waals surface area contributed by atoms with Gasteiger partial charge in [0.15, 0.2) is 9.84 Å². The van der Waals surface area contributed by atoms with Crippen molar-refractivity contribution < 1.29 is 12.8 Å². The zero-order valence-electron chi connectivity index (χ0n) is 10.6. The maximum atomic E-state index is 13.3. The van der Waals surface area contributed by atoms with Gasteiger partial charge in [0.1, 0.15) is 5.82 Å². The molecule has 1 aromatic carbocycles. The first kappa shape index (κ1) is 15.4. The molecule has 0 aromatic heterocycles. The van der Waals surface area contributed by atoms with E-state index < -0.39 is 9.84 Å². The molecule has 1 N–H and O–H groups in total. The quantitative estimate of drug-likeness (QED) is 0.897. The van der Waals surface area contributed by atoms with Gasteiger partial charge in [0.2, 0.25) is 0 Å². The molecule has 0 radical (unpaired) electrons. The van der Waals surface area contributed by atoms with Crippen LogP contribution in [0, 0.1) is 12.7 Å². The molecule has 6 heteroatoms. The van der Waals surface area contributed by atoms with Gasteiger partial charge in [0.25, 0.3) is 0 Å². The van der Waals surface area contributed by atoms with Gasteiger partial charge in [-0.3, -0.25) is 0 Å². The summed E-state index contributed by atoms with van der Waals surface area (Å²) >= 11 is 3.11. The number of aryl methyl sites for hydroxylation is 1. The van der Waals surface area contributed by atoms with Crippen LogP contribution in [-0.4, -0.2) is 26.0 Å². The first-order valence-electron chi connectivity index (χ1n) is 5.67. The van der Waals surface area contributed by atoms with Crippen LogP contribution in [0.1, 0.15) is 19.4 Å². The van der Waals surface area contributed by atoms with Gasteiger partial charge in [0.05, 0.1) is 10.2 Å². The molecule has 1 rings (SSSR count). The number of hydrogen-bond acceptors (Lipinski definition) is 3. The van der Waals surface area contributed by atoms with E-state index in [-0.39, 0.29) is 23.4 Å². The summed E-state index contributed by atoms with van der Waals surface area (Å²) in [6.07, 6.45) is 0. The van der Waals surface area contributed by atoms with Crippen molar-refractivity contribution in [3.63, 3.8) is 0 Å². The van der Waals surface area contributed by atoms with Crippen molar-refractivity contribution >= 4 is 31.5 Å². The van der Waals surface area contributed by atoms with Crippen LogP contribution in [0.5, 0.6) is 0 Å². The van der Waals surface area contributed by atoms with Crippen molar-refractivity contribution in [1.29, 1.82) is 0 Å². The lowest BCUT2D eigenvalue weighted by molar-refractivity contribution is 0.593. The van der Waals surface area contributed by atoms with Crippen LogP contribution in [-0.2, 0) is 9.84 Å². The SMILES string of the molecule is CCS(=O)(=O)CC(C)Nc1cc(Br)c(F)cc1C. The highest BCUT2D eigenvalue weighted by molar-refractivity contribution is 9.10.